The number of rotatable bonds is 5. The smallest absolute Gasteiger partial charge is 0.143 e. The van der Waals surface area contributed by atoms with Crippen LogP contribution >= 0.6 is 0 Å². The summed E-state index contributed by atoms with van der Waals surface area (Å²) < 4.78 is 15.4. The van der Waals surface area contributed by atoms with Gasteiger partial charge >= 0.3 is 0 Å². The fourth-order valence-electron chi connectivity index (χ4n) is 8.83. The quantitative estimate of drug-likeness (QED) is 0.178. The summed E-state index contributed by atoms with van der Waals surface area (Å²) in [5, 5.41) is 9.06. The van der Waals surface area contributed by atoms with Crippen molar-refractivity contribution in [2.45, 2.75) is 0 Å². The predicted octanol–water partition coefficient (Wildman–Crippen LogP) is 14.9. The SMILES string of the molecule is c1ccc(-n2c3ccccc3c3cc(-c4cccc(N(c5ccc6oc7ccccc7c6c5)c5cccc6oc7c8ccccc8ccc7c56)c4)ccc32)cc1. The van der Waals surface area contributed by atoms with Crippen LogP contribution in [0.2, 0.25) is 0 Å². The lowest BCUT2D eigenvalue weighted by atomic mass is 10.0. The van der Waals surface area contributed by atoms with Crippen LogP contribution < -0.4 is 4.90 Å². The Kier molecular flexibility index (Phi) is 6.60. The van der Waals surface area contributed by atoms with Gasteiger partial charge in [-0.2, -0.15) is 0 Å². The number of para-hydroxylation sites is 3. The minimum absolute atomic E-state index is 0.852. The maximum Gasteiger partial charge on any atom is 0.143 e. The minimum Gasteiger partial charge on any atom is -0.456 e. The molecule has 0 unspecified atom stereocenters. The molecule has 0 atom stereocenters. The maximum absolute atomic E-state index is 6.70. The Balaban J connectivity index is 1.09. The van der Waals surface area contributed by atoms with Crippen LogP contribution in [0.1, 0.15) is 0 Å². The number of nitrogens with zero attached hydrogens (tertiary/aromatic N) is 2. The topological polar surface area (TPSA) is 34.5 Å². The van der Waals surface area contributed by atoms with E-state index in [0.717, 1.165) is 88.5 Å². The summed E-state index contributed by atoms with van der Waals surface area (Å²) in [6, 6.07) is 69.1. The molecule has 0 saturated carbocycles. The maximum atomic E-state index is 6.70. The van der Waals surface area contributed by atoms with E-state index in [1.54, 1.807) is 0 Å². The first-order chi connectivity index (χ1) is 27.8. The van der Waals surface area contributed by atoms with Gasteiger partial charge in [-0.3, -0.25) is 0 Å². The van der Waals surface area contributed by atoms with E-state index in [9.17, 15) is 0 Å². The molecule has 0 aliphatic heterocycles. The first kappa shape index (κ1) is 30.9. The molecule has 56 heavy (non-hydrogen) atoms. The third-order valence-electron chi connectivity index (χ3n) is 11.3. The van der Waals surface area contributed by atoms with Gasteiger partial charge in [-0.1, -0.05) is 109 Å². The van der Waals surface area contributed by atoms with Crippen LogP contribution in [-0.4, -0.2) is 4.57 Å². The molecule has 0 saturated heterocycles. The van der Waals surface area contributed by atoms with Crippen molar-refractivity contribution in [2.24, 2.45) is 0 Å². The van der Waals surface area contributed by atoms with E-state index in [0.29, 0.717) is 0 Å². The van der Waals surface area contributed by atoms with E-state index < -0.39 is 0 Å². The second kappa shape index (κ2) is 12.0. The molecule has 0 bridgehead atoms. The van der Waals surface area contributed by atoms with Crippen molar-refractivity contribution in [3.05, 3.63) is 194 Å². The number of fused-ring (bicyclic) bond motifs is 11. The molecule has 0 radical (unpaired) electrons. The fourth-order valence-corrected chi connectivity index (χ4v) is 8.83. The molecule has 3 heterocycles. The number of benzene rings is 9. The zero-order chi connectivity index (χ0) is 36.7. The van der Waals surface area contributed by atoms with Gasteiger partial charge in [-0.25, -0.2) is 0 Å². The molecule has 9 aromatic carbocycles. The van der Waals surface area contributed by atoms with E-state index in [1.807, 2.05) is 12.1 Å². The minimum atomic E-state index is 0.852. The average Bonchev–Trinajstić information content (AvgIpc) is 3.94. The molecule has 4 heteroatoms. The van der Waals surface area contributed by atoms with E-state index in [4.69, 9.17) is 8.83 Å². The molecular formula is C52H32N2O2. The van der Waals surface area contributed by atoms with Crippen LogP contribution in [0.3, 0.4) is 0 Å². The molecule has 0 spiro atoms. The highest BCUT2D eigenvalue weighted by molar-refractivity contribution is 6.20. The molecule has 0 aliphatic carbocycles. The Morgan fingerprint density at radius 2 is 1.09 bits per heavy atom. The average molecular weight is 717 g/mol. The summed E-state index contributed by atoms with van der Waals surface area (Å²) in [4.78, 5) is 2.37. The summed E-state index contributed by atoms with van der Waals surface area (Å²) in [5.74, 6) is 0. The van der Waals surface area contributed by atoms with Crippen molar-refractivity contribution >= 4 is 93.5 Å². The van der Waals surface area contributed by atoms with Crippen LogP contribution in [0.25, 0.3) is 93.3 Å². The molecule has 0 fully saturated rings. The first-order valence-electron chi connectivity index (χ1n) is 19.0. The highest BCUT2D eigenvalue weighted by Gasteiger charge is 2.22. The summed E-state index contributed by atoms with van der Waals surface area (Å²) in [6.07, 6.45) is 0. The molecule has 4 nitrogen and oxygen atoms in total. The van der Waals surface area contributed by atoms with E-state index >= 15 is 0 Å². The van der Waals surface area contributed by atoms with Crippen molar-refractivity contribution in [1.29, 1.82) is 0 Å². The third-order valence-corrected chi connectivity index (χ3v) is 11.3. The lowest BCUT2D eigenvalue weighted by Crippen LogP contribution is -2.10. The van der Waals surface area contributed by atoms with Crippen LogP contribution in [0, 0.1) is 0 Å². The van der Waals surface area contributed by atoms with Gasteiger partial charge in [0.25, 0.3) is 0 Å². The highest BCUT2D eigenvalue weighted by atomic mass is 16.3. The molecule has 262 valence electrons. The largest absolute Gasteiger partial charge is 0.456 e. The van der Waals surface area contributed by atoms with Crippen LogP contribution in [0.4, 0.5) is 17.1 Å². The standard InChI is InChI=1S/C52H32N2O2/c1-2-14-36(15-3-1)54-45-20-8-6-18-40(45)43-31-35(25-28-46(43)54)34-13-10-16-37(30-34)53(38-26-29-49-44(32-38)41-19-7-9-22-48(41)55-49)47-21-11-23-50-51(47)42-27-24-33-12-4-5-17-39(33)52(42)56-50/h1-32H. The second-order valence-corrected chi connectivity index (χ2v) is 14.5. The molecule has 12 aromatic rings. The Morgan fingerprint density at radius 1 is 0.375 bits per heavy atom. The van der Waals surface area contributed by atoms with Gasteiger partial charge in [0.05, 0.1) is 22.1 Å². The van der Waals surface area contributed by atoms with Crippen molar-refractivity contribution in [1.82, 2.24) is 4.57 Å². The first-order valence-corrected chi connectivity index (χ1v) is 19.0. The second-order valence-electron chi connectivity index (χ2n) is 14.5. The van der Waals surface area contributed by atoms with E-state index in [1.165, 1.54) is 21.8 Å². The Bertz CT molecular complexity index is 3500. The molecular weight excluding hydrogens is 685 g/mol. The molecule has 0 aliphatic rings. The lowest BCUT2D eigenvalue weighted by Gasteiger charge is -2.27. The van der Waals surface area contributed by atoms with Gasteiger partial charge < -0.3 is 18.3 Å². The van der Waals surface area contributed by atoms with Crippen LogP contribution in [-0.2, 0) is 0 Å². The molecule has 0 N–H and O–H groups in total. The predicted molar refractivity (Wildman–Crippen MR) is 233 cm³/mol. The van der Waals surface area contributed by atoms with Gasteiger partial charge in [-0.15, -0.1) is 0 Å². The van der Waals surface area contributed by atoms with Gasteiger partial charge in [0, 0.05) is 49.4 Å². The third kappa shape index (κ3) is 4.60. The number of hydrogen-bond donors (Lipinski definition) is 0. The zero-order valence-electron chi connectivity index (χ0n) is 30.2. The number of furan rings is 2. The van der Waals surface area contributed by atoms with Gasteiger partial charge in [0.1, 0.15) is 22.3 Å². The molecule has 3 aromatic heterocycles. The highest BCUT2D eigenvalue weighted by Crippen LogP contribution is 2.46. The van der Waals surface area contributed by atoms with Crippen molar-refractivity contribution < 1.29 is 8.83 Å². The fraction of sp³-hybridized carbons (Fsp3) is 0. The normalized spacial score (nSPS) is 11.9. The van der Waals surface area contributed by atoms with Gasteiger partial charge in [-0.05, 0) is 101 Å². The van der Waals surface area contributed by atoms with E-state index in [-0.39, 0.29) is 0 Å². The number of aromatic nitrogens is 1. The molecule has 0 amide bonds. The van der Waals surface area contributed by atoms with Crippen LogP contribution in [0.5, 0.6) is 0 Å². The van der Waals surface area contributed by atoms with Crippen molar-refractivity contribution in [2.75, 3.05) is 4.90 Å². The monoisotopic (exact) mass is 716 g/mol. The van der Waals surface area contributed by atoms with Gasteiger partial charge in [0.2, 0.25) is 0 Å². The van der Waals surface area contributed by atoms with E-state index in [2.05, 4.69) is 191 Å². The van der Waals surface area contributed by atoms with Crippen LogP contribution in [0.15, 0.2) is 203 Å². The summed E-state index contributed by atoms with van der Waals surface area (Å²) >= 11 is 0. The molecule has 12 rings (SSSR count). The van der Waals surface area contributed by atoms with Crippen molar-refractivity contribution in [3.8, 4) is 16.8 Å². The summed E-state index contributed by atoms with van der Waals surface area (Å²) in [6.45, 7) is 0. The van der Waals surface area contributed by atoms with Gasteiger partial charge in [0.15, 0.2) is 0 Å². The Labute approximate surface area is 321 Å². The number of hydrogen-bond acceptors (Lipinski definition) is 3. The summed E-state index contributed by atoms with van der Waals surface area (Å²) in [5.41, 5.74) is 12.4. The Morgan fingerprint density at radius 3 is 2.02 bits per heavy atom. The summed E-state index contributed by atoms with van der Waals surface area (Å²) in [7, 11) is 0. The van der Waals surface area contributed by atoms with Crippen molar-refractivity contribution in [3.63, 3.8) is 0 Å². The number of anilines is 3. The zero-order valence-corrected chi connectivity index (χ0v) is 30.2. The lowest BCUT2D eigenvalue weighted by molar-refractivity contribution is 0.669. The Hall–Kier alpha value is -7.56.